The van der Waals surface area contributed by atoms with Crippen molar-refractivity contribution in [3.8, 4) is 5.75 Å². The van der Waals surface area contributed by atoms with Crippen LogP contribution in [0.5, 0.6) is 5.75 Å². The number of ether oxygens (including phenoxy) is 1. The molecule has 1 aliphatic rings. The molecule has 1 aromatic rings. The number of methoxy groups -OCH3 is 1. The normalized spacial score (nSPS) is 17.6. The van der Waals surface area contributed by atoms with Crippen LogP contribution in [0.15, 0.2) is 12.1 Å². The topological polar surface area (TPSA) is 21.3 Å². The number of benzene rings is 1. The molecule has 0 bridgehead atoms. The molecule has 1 aliphatic carbocycles. The molecule has 1 saturated carbocycles. The first-order valence-corrected chi connectivity index (χ1v) is 6.50. The zero-order chi connectivity index (χ0) is 12.5. The molecule has 0 aromatic heterocycles. The van der Waals surface area contributed by atoms with Gasteiger partial charge in [0.2, 0.25) is 0 Å². The molecule has 0 spiro atoms. The van der Waals surface area contributed by atoms with E-state index in [9.17, 15) is 0 Å². The van der Waals surface area contributed by atoms with Crippen LogP contribution in [0, 0.1) is 6.92 Å². The molecule has 0 amide bonds. The summed E-state index contributed by atoms with van der Waals surface area (Å²) in [6.45, 7) is 3.00. The van der Waals surface area contributed by atoms with Gasteiger partial charge in [-0.2, -0.15) is 0 Å². The van der Waals surface area contributed by atoms with Gasteiger partial charge in [-0.05, 0) is 44.5 Å². The lowest BCUT2D eigenvalue weighted by atomic mass is 9.64. The third kappa shape index (κ3) is 2.16. The lowest BCUT2D eigenvalue weighted by Gasteiger charge is -2.43. The second kappa shape index (κ2) is 4.87. The molecule has 0 unspecified atom stereocenters. The largest absolute Gasteiger partial charge is 0.496 e. The second-order valence-corrected chi connectivity index (χ2v) is 5.37. The minimum Gasteiger partial charge on any atom is -0.496 e. The Hall–Kier alpha value is -0.730. The highest BCUT2D eigenvalue weighted by Crippen LogP contribution is 2.47. The summed E-state index contributed by atoms with van der Waals surface area (Å²) in [5.74, 6) is 0.974. The molecule has 0 radical (unpaired) electrons. The van der Waals surface area contributed by atoms with Crippen molar-refractivity contribution < 1.29 is 4.74 Å². The zero-order valence-electron chi connectivity index (χ0n) is 10.8. The summed E-state index contributed by atoms with van der Waals surface area (Å²) >= 11 is 6.25. The molecule has 0 heterocycles. The fourth-order valence-electron chi connectivity index (χ4n) is 2.72. The minimum absolute atomic E-state index is 0.220. The van der Waals surface area contributed by atoms with E-state index in [1.807, 2.05) is 20.0 Å². The average Bonchev–Trinajstić information content (AvgIpc) is 2.27. The zero-order valence-corrected chi connectivity index (χ0v) is 11.5. The number of rotatable bonds is 4. The lowest BCUT2D eigenvalue weighted by molar-refractivity contribution is 0.230. The molecule has 0 atom stereocenters. The monoisotopic (exact) mass is 253 g/mol. The van der Waals surface area contributed by atoms with Gasteiger partial charge in [-0.3, -0.25) is 0 Å². The number of aryl methyl sites for hydroxylation is 1. The molecule has 0 saturated heterocycles. The van der Waals surface area contributed by atoms with Crippen molar-refractivity contribution in [3.05, 3.63) is 28.3 Å². The molecule has 3 heteroatoms. The summed E-state index contributed by atoms with van der Waals surface area (Å²) < 4.78 is 5.52. The van der Waals surface area contributed by atoms with Gasteiger partial charge >= 0.3 is 0 Å². The Kier molecular flexibility index (Phi) is 3.64. The highest BCUT2D eigenvalue weighted by atomic mass is 35.5. The maximum absolute atomic E-state index is 6.25. The van der Waals surface area contributed by atoms with E-state index in [-0.39, 0.29) is 5.41 Å². The number of nitrogens with one attached hydrogen (secondary N) is 1. The van der Waals surface area contributed by atoms with Crippen molar-refractivity contribution in [2.75, 3.05) is 20.7 Å². The summed E-state index contributed by atoms with van der Waals surface area (Å²) in [4.78, 5) is 0. The Labute approximate surface area is 108 Å². The quantitative estimate of drug-likeness (QED) is 0.889. The Morgan fingerprint density at radius 3 is 2.59 bits per heavy atom. The number of likely N-dealkylation sites (N-methyl/N-ethyl adjacent to an activating group) is 1. The van der Waals surface area contributed by atoms with Gasteiger partial charge in [-0.15, -0.1) is 0 Å². The maximum atomic E-state index is 6.25. The SMILES string of the molecule is CNCC1(c2cc(Cl)c(C)cc2OC)CCC1. The van der Waals surface area contributed by atoms with Crippen LogP contribution in [0.25, 0.3) is 0 Å². The maximum Gasteiger partial charge on any atom is 0.123 e. The number of hydrogen-bond acceptors (Lipinski definition) is 2. The van der Waals surface area contributed by atoms with E-state index < -0.39 is 0 Å². The van der Waals surface area contributed by atoms with E-state index in [4.69, 9.17) is 16.3 Å². The highest BCUT2D eigenvalue weighted by molar-refractivity contribution is 6.31. The van der Waals surface area contributed by atoms with Crippen molar-refractivity contribution in [1.82, 2.24) is 5.32 Å². The lowest BCUT2D eigenvalue weighted by Crippen LogP contribution is -2.43. The van der Waals surface area contributed by atoms with Crippen LogP contribution in [0.2, 0.25) is 5.02 Å². The van der Waals surface area contributed by atoms with Crippen molar-refractivity contribution >= 4 is 11.6 Å². The first-order chi connectivity index (χ1) is 8.13. The van der Waals surface area contributed by atoms with Gasteiger partial charge in [-0.25, -0.2) is 0 Å². The fourth-order valence-corrected chi connectivity index (χ4v) is 2.89. The van der Waals surface area contributed by atoms with E-state index >= 15 is 0 Å². The molecular formula is C14H20ClNO. The van der Waals surface area contributed by atoms with Gasteiger partial charge in [0.05, 0.1) is 7.11 Å². The van der Waals surface area contributed by atoms with Gasteiger partial charge in [0.15, 0.2) is 0 Å². The Morgan fingerprint density at radius 1 is 1.41 bits per heavy atom. The molecular weight excluding hydrogens is 234 g/mol. The van der Waals surface area contributed by atoms with Crippen LogP contribution >= 0.6 is 11.6 Å². The smallest absolute Gasteiger partial charge is 0.123 e. The first-order valence-electron chi connectivity index (χ1n) is 6.12. The molecule has 17 heavy (non-hydrogen) atoms. The van der Waals surface area contributed by atoms with E-state index in [0.29, 0.717) is 0 Å². The molecule has 1 fully saturated rings. The van der Waals surface area contributed by atoms with Crippen molar-refractivity contribution in [3.63, 3.8) is 0 Å². The van der Waals surface area contributed by atoms with Crippen LogP contribution in [-0.4, -0.2) is 20.7 Å². The molecule has 1 N–H and O–H groups in total. The fraction of sp³-hybridized carbons (Fsp3) is 0.571. The third-order valence-electron chi connectivity index (χ3n) is 3.88. The predicted octanol–water partition coefficient (Wildman–Crippen LogP) is 3.30. The Morgan fingerprint density at radius 2 is 2.12 bits per heavy atom. The van der Waals surface area contributed by atoms with E-state index in [0.717, 1.165) is 22.9 Å². The molecule has 94 valence electrons. The van der Waals surface area contributed by atoms with E-state index in [1.165, 1.54) is 24.8 Å². The number of halogens is 1. The van der Waals surface area contributed by atoms with Crippen LogP contribution < -0.4 is 10.1 Å². The van der Waals surface area contributed by atoms with E-state index in [2.05, 4.69) is 11.4 Å². The minimum atomic E-state index is 0.220. The number of hydrogen-bond donors (Lipinski definition) is 1. The van der Waals surface area contributed by atoms with Crippen molar-refractivity contribution in [2.24, 2.45) is 0 Å². The summed E-state index contributed by atoms with van der Waals surface area (Å²) in [5.41, 5.74) is 2.56. The van der Waals surface area contributed by atoms with Gasteiger partial charge < -0.3 is 10.1 Å². The average molecular weight is 254 g/mol. The van der Waals surface area contributed by atoms with E-state index in [1.54, 1.807) is 7.11 Å². The summed E-state index contributed by atoms with van der Waals surface area (Å²) in [5, 5.41) is 4.13. The molecule has 2 rings (SSSR count). The van der Waals surface area contributed by atoms with Gasteiger partial charge in [0, 0.05) is 22.5 Å². The summed E-state index contributed by atoms with van der Waals surface area (Å²) in [6, 6.07) is 4.14. The highest BCUT2D eigenvalue weighted by Gasteiger charge is 2.40. The molecule has 0 aliphatic heterocycles. The molecule has 1 aromatic carbocycles. The van der Waals surface area contributed by atoms with Gasteiger partial charge in [0.1, 0.15) is 5.75 Å². The van der Waals surface area contributed by atoms with Crippen molar-refractivity contribution in [2.45, 2.75) is 31.6 Å². The van der Waals surface area contributed by atoms with Crippen LogP contribution in [-0.2, 0) is 5.41 Å². The van der Waals surface area contributed by atoms with Crippen molar-refractivity contribution in [1.29, 1.82) is 0 Å². The van der Waals surface area contributed by atoms with Gasteiger partial charge in [-0.1, -0.05) is 18.0 Å². The molecule has 2 nitrogen and oxygen atoms in total. The predicted molar refractivity (Wildman–Crippen MR) is 72.2 cm³/mol. The first kappa shape index (κ1) is 12.7. The van der Waals surface area contributed by atoms with Gasteiger partial charge in [0.25, 0.3) is 0 Å². The summed E-state index contributed by atoms with van der Waals surface area (Å²) in [7, 11) is 3.74. The van der Waals surface area contributed by atoms with Crippen LogP contribution in [0.1, 0.15) is 30.4 Å². The van der Waals surface area contributed by atoms with Crippen LogP contribution in [0.4, 0.5) is 0 Å². The second-order valence-electron chi connectivity index (χ2n) is 4.97. The summed E-state index contributed by atoms with van der Waals surface area (Å²) in [6.07, 6.45) is 3.71. The standard InChI is InChI=1S/C14H20ClNO/c1-10-7-13(17-3)11(8-12(10)15)14(9-16-2)5-4-6-14/h7-8,16H,4-6,9H2,1-3H3. The Balaban J connectivity index is 2.45. The van der Waals surface area contributed by atoms with Crippen LogP contribution in [0.3, 0.4) is 0 Å². The Bertz CT molecular complexity index is 413. The third-order valence-corrected chi connectivity index (χ3v) is 4.29.